The second kappa shape index (κ2) is 5.15. The summed E-state index contributed by atoms with van der Waals surface area (Å²) in [5, 5.41) is 5.89. The third kappa shape index (κ3) is 2.22. The lowest BCUT2D eigenvalue weighted by atomic mass is 9.77. The third-order valence-corrected chi connectivity index (χ3v) is 4.92. The zero-order valence-electron chi connectivity index (χ0n) is 11.5. The van der Waals surface area contributed by atoms with E-state index in [2.05, 4.69) is 68.7 Å². The largest absolute Gasteiger partial charge is 0.369 e. The number of fused-ring (bicyclic) bond motifs is 2. The van der Waals surface area contributed by atoms with Gasteiger partial charge in [0.15, 0.2) is 0 Å². The molecular formula is C18H15BrN2. The number of hydrogen-bond acceptors (Lipinski definition) is 2. The van der Waals surface area contributed by atoms with Crippen LogP contribution in [-0.4, -0.2) is 11.5 Å². The Hall–Kier alpha value is -1.87. The summed E-state index contributed by atoms with van der Waals surface area (Å²) >= 11 is 3.60. The van der Waals surface area contributed by atoms with Gasteiger partial charge in [-0.05, 0) is 29.7 Å². The van der Waals surface area contributed by atoms with Gasteiger partial charge in [0, 0.05) is 33.9 Å². The van der Waals surface area contributed by atoms with E-state index >= 15 is 0 Å². The first-order valence-corrected chi connectivity index (χ1v) is 7.97. The molecule has 1 heterocycles. The Morgan fingerprint density at radius 1 is 1.05 bits per heavy atom. The lowest BCUT2D eigenvalue weighted by Gasteiger charge is -2.30. The van der Waals surface area contributed by atoms with Crippen LogP contribution in [0.4, 0.5) is 5.82 Å². The maximum atomic E-state index is 4.50. The molecule has 0 amide bonds. The van der Waals surface area contributed by atoms with Crippen molar-refractivity contribution in [3.05, 3.63) is 70.3 Å². The maximum absolute atomic E-state index is 4.50. The fourth-order valence-corrected chi connectivity index (χ4v) is 3.57. The van der Waals surface area contributed by atoms with Gasteiger partial charge in [-0.1, -0.05) is 52.3 Å². The normalized spacial score (nSPS) is 16.3. The van der Waals surface area contributed by atoms with E-state index in [4.69, 9.17) is 0 Å². The molecule has 0 fully saturated rings. The summed E-state index contributed by atoms with van der Waals surface area (Å²) in [6.45, 7) is 0.940. The minimum absolute atomic E-state index is 0.602. The van der Waals surface area contributed by atoms with Gasteiger partial charge in [-0.2, -0.15) is 0 Å². The van der Waals surface area contributed by atoms with Crippen LogP contribution in [0.1, 0.15) is 17.0 Å². The Morgan fingerprint density at radius 2 is 1.95 bits per heavy atom. The number of aromatic nitrogens is 1. The van der Waals surface area contributed by atoms with Gasteiger partial charge in [-0.15, -0.1) is 0 Å². The first kappa shape index (κ1) is 12.8. The standard InChI is InChI=1S/C18H15BrN2/c19-17-7-3-6-16-15(17)8-9-20-18(16)21-11-13-10-12-4-1-2-5-14(12)13/h1-9,13H,10-11H2,(H,20,21). The predicted molar refractivity (Wildman–Crippen MR) is 90.8 cm³/mol. The molecule has 0 aliphatic heterocycles. The monoisotopic (exact) mass is 338 g/mol. The SMILES string of the molecule is Brc1cccc2c(NCC3Cc4ccccc43)nccc12. The number of pyridine rings is 1. The van der Waals surface area contributed by atoms with Crippen LogP contribution in [-0.2, 0) is 6.42 Å². The molecule has 2 aromatic carbocycles. The minimum Gasteiger partial charge on any atom is -0.369 e. The second-order valence-corrected chi connectivity index (χ2v) is 6.33. The van der Waals surface area contributed by atoms with E-state index < -0.39 is 0 Å². The van der Waals surface area contributed by atoms with Crippen LogP contribution in [0.2, 0.25) is 0 Å². The van der Waals surface area contributed by atoms with Gasteiger partial charge in [0.1, 0.15) is 5.82 Å². The zero-order chi connectivity index (χ0) is 14.2. The van der Waals surface area contributed by atoms with E-state index in [1.165, 1.54) is 21.9 Å². The first-order valence-electron chi connectivity index (χ1n) is 7.18. The van der Waals surface area contributed by atoms with Crippen LogP contribution >= 0.6 is 15.9 Å². The zero-order valence-corrected chi connectivity index (χ0v) is 13.1. The molecule has 0 saturated carbocycles. The molecule has 4 rings (SSSR count). The molecule has 21 heavy (non-hydrogen) atoms. The lowest BCUT2D eigenvalue weighted by Crippen LogP contribution is -2.24. The van der Waals surface area contributed by atoms with Crippen molar-refractivity contribution in [2.45, 2.75) is 12.3 Å². The summed E-state index contributed by atoms with van der Waals surface area (Å²) in [6.07, 6.45) is 3.03. The van der Waals surface area contributed by atoms with Crippen molar-refractivity contribution in [3.8, 4) is 0 Å². The molecule has 0 bridgehead atoms. The van der Waals surface area contributed by atoms with E-state index in [0.717, 1.165) is 23.3 Å². The van der Waals surface area contributed by atoms with Gasteiger partial charge in [-0.25, -0.2) is 4.98 Å². The molecule has 1 aromatic heterocycles. The lowest BCUT2D eigenvalue weighted by molar-refractivity contribution is 0.635. The Balaban J connectivity index is 1.58. The molecule has 1 N–H and O–H groups in total. The number of nitrogens with one attached hydrogen (secondary N) is 1. The Bertz CT molecular complexity index is 813. The number of benzene rings is 2. The van der Waals surface area contributed by atoms with E-state index in [0.29, 0.717) is 5.92 Å². The highest BCUT2D eigenvalue weighted by Crippen LogP contribution is 2.35. The molecule has 0 spiro atoms. The Kier molecular flexibility index (Phi) is 3.15. The van der Waals surface area contributed by atoms with Crippen LogP contribution in [0.3, 0.4) is 0 Å². The van der Waals surface area contributed by atoms with Gasteiger partial charge in [0.05, 0.1) is 0 Å². The third-order valence-electron chi connectivity index (χ3n) is 4.23. The van der Waals surface area contributed by atoms with Crippen molar-refractivity contribution < 1.29 is 0 Å². The maximum Gasteiger partial charge on any atom is 0.133 e. The van der Waals surface area contributed by atoms with E-state index in [9.17, 15) is 0 Å². The average Bonchev–Trinajstić information content (AvgIpc) is 2.49. The van der Waals surface area contributed by atoms with Gasteiger partial charge in [0.25, 0.3) is 0 Å². The quantitative estimate of drug-likeness (QED) is 0.745. The number of hydrogen-bond donors (Lipinski definition) is 1. The Labute approximate surface area is 132 Å². The molecule has 104 valence electrons. The number of anilines is 1. The van der Waals surface area contributed by atoms with Crippen molar-refractivity contribution in [2.24, 2.45) is 0 Å². The summed E-state index contributed by atoms with van der Waals surface area (Å²) in [6, 6.07) is 17.0. The molecule has 3 aromatic rings. The van der Waals surface area contributed by atoms with Crippen molar-refractivity contribution in [2.75, 3.05) is 11.9 Å². The van der Waals surface area contributed by atoms with Crippen molar-refractivity contribution >= 4 is 32.5 Å². The van der Waals surface area contributed by atoms with E-state index in [-0.39, 0.29) is 0 Å². The number of nitrogens with zero attached hydrogens (tertiary/aromatic N) is 1. The Morgan fingerprint density at radius 3 is 2.86 bits per heavy atom. The molecule has 0 saturated heterocycles. The topological polar surface area (TPSA) is 24.9 Å². The predicted octanol–water partition coefficient (Wildman–Crippen LogP) is 4.75. The van der Waals surface area contributed by atoms with Crippen LogP contribution < -0.4 is 5.32 Å². The van der Waals surface area contributed by atoms with Crippen LogP contribution in [0.25, 0.3) is 10.8 Å². The van der Waals surface area contributed by atoms with E-state index in [1.54, 1.807) is 0 Å². The smallest absolute Gasteiger partial charge is 0.133 e. The fourth-order valence-electron chi connectivity index (χ4n) is 3.07. The molecule has 3 heteroatoms. The van der Waals surface area contributed by atoms with Crippen LogP contribution in [0, 0.1) is 0 Å². The highest BCUT2D eigenvalue weighted by molar-refractivity contribution is 9.10. The van der Waals surface area contributed by atoms with Gasteiger partial charge >= 0.3 is 0 Å². The fraction of sp³-hybridized carbons (Fsp3) is 0.167. The number of rotatable bonds is 3. The van der Waals surface area contributed by atoms with Gasteiger partial charge in [0.2, 0.25) is 0 Å². The minimum atomic E-state index is 0.602. The highest BCUT2D eigenvalue weighted by atomic mass is 79.9. The molecule has 1 aliphatic carbocycles. The summed E-state index contributed by atoms with van der Waals surface area (Å²) in [5.41, 5.74) is 2.96. The highest BCUT2D eigenvalue weighted by Gasteiger charge is 2.25. The van der Waals surface area contributed by atoms with Gasteiger partial charge in [-0.3, -0.25) is 0 Å². The van der Waals surface area contributed by atoms with E-state index in [1.807, 2.05) is 12.3 Å². The summed E-state index contributed by atoms with van der Waals surface area (Å²) in [5.74, 6) is 1.57. The molecule has 1 unspecified atom stereocenters. The number of halogens is 1. The second-order valence-electron chi connectivity index (χ2n) is 5.48. The summed E-state index contributed by atoms with van der Waals surface area (Å²) < 4.78 is 1.11. The van der Waals surface area contributed by atoms with Crippen LogP contribution in [0.5, 0.6) is 0 Å². The van der Waals surface area contributed by atoms with Crippen LogP contribution in [0.15, 0.2) is 59.2 Å². The molecular weight excluding hydrogens is 324 g/mol. The molecule has 1 atom stereocenters. The average molecular weight is 339 g/mol. The molecule has 0 radical (unpaired) electrons. The molecule has 1 aliphatic rings. The van der Waals surface area contributed by atoms with Crippen molar-refractivity contribution in [1.82, 2.24) is 4.98 Å². The summed E-state index contributed by atoms with van der Waals surface area (Å²) in [7, 11) is 0. The van der Waals surface area contributed by atoms with Crippen molar-refractivity contribution in [1.29, 1.82) is 0 Å². The first-order chi connectivity index (χ1) is 10.3. The van der Waals surface area contributed by atoms with Gasteiger partial charge < -0.3 is 5.32 Å². The summed E-state index contributed by atoms with van der Waals surface area (Å²) in [4.78, 5) is 4.50. The van der Waals surface area contributed by atoms with Crippen molar-refractivity contribution in [3.63, 3.8) is 0 Å². The molecule has 2 nitrogen and oxygen atoms in total.